The Kier molecular flexibility index (Phi) is 5.87. The summed E-state index contributed by atoms with van der Waals surface area (Å²) in [5.74, 6) is -0.293. The van der Waals surface area contributed by atoms with E-state index in [2.05, 4.69) is 26.1 Å². The number of rotatable bonds is 7. The predicted molar refractivity (Wildman–Crippen MR) is 113 cm³/mol. The fourth-order valence-electron chi connectivity index (χ4n) is 3.62. The number of carbonyl (C=O) groups is 3. The SMILES string of the molecule is CCCc1ccc(C2(C)NC(=O)N(CC(=O)c3ccc(C(C)C)cc3)C2=O)cc1. The molecule has 152 valence electrons. The van der Waals surface area contributed by atoms with E-state index in [1.807, 2.05) is 36.4 Å². The average molecular weight is 392 g/mol. The van der Waals surface area contributed by atoms with E-state index < -0.39 is 17.5 Å². The maximum Gasteiger partial charge on any atom is 0.325 e. The van der Waals surface area contributed by atoms with E-state index in [0.29, 0.717) is 17.0 Å². The van der Waals surface area contributed by atoms with Crippen LogP contribution in [0.5, 0.6) is 0 Å². The Bertz CT molecular complexity index is 916. The minimum absolute atomic E-state index is 0.258. The van der Waals surface area contributed by atoms with Gasteiger partial charge in [-0.2, -0.15) is 0 Å². The van der Waals surface area contributed by atoms with Gasteiger partial charge in [0.05, 0.1) is 6.54 Å². The van der Waals surface area contributed by atoms with Crippen molar-refractivity contribution in [3.05, 3.63) is 70.8 Å². The van der Waals surface area contributed by atoms with Crippen molar-refractivity contribution in [2.45, 2.75) is 52.0 Å². The number of ketones is 1. The molecule has 0 radical (unpaired) electrons. The lowest BCUT2D eigenvalue weighted by molar-refractivity contribution is -0.130. The van der Waals surface area contributed by atoms with Crippen LogP contribution in [-0.4, -0.2) is 29.2 Å². The number of hydrogen-bond donors (Lipinski definition) is 1. The number of carbonyl (C=O) groups excluding carboxylic acids is 3. The summed E-state index contributed by atoms with van der Waals surface area (Å²) in [4.78, 5) is 39.2. The molecule has 0 aliphatic carbocycles. The first-order chi connectivity index (χ1) is 13.8. The van der Waals surface area contributed by atoms with Gasteiger partial charge in [-0.25, -0.2) is 4.79 Å². The van der Waals surface area contributed by atoms with Crippen LogP contribution in [0.3, 0.4) is 0 Å². The third-order valence-corrected chi connectivity index (χ3v) is 5.55. The molecule has 1 unspecified atom stereocenters. The Morgan fingerprint density at radius 1 is 1.03 bits per heavy atom. The third kappa shape index (κ3) is 4.09. The lowest BCUT2D eigenvalue weighted by atomic mass is 9.91. The molecule has 1 saturated heterocycles. The summed E-state index contributed by atoms with van der Waals surface area (Å²) >= 11 is 0. The van der Waals surface area contributed by atoms with Crippen LogP contribution in [0.15, 0.2) is 48.5 Å². The number of benzene rings is 2. The second-order valence-electron chi connectivity index (χ2n) is 8.09. The number of amides is 3. The molecule has 0 aromatic heterocycles. The molecule has 5 nitrogen and oxygen atoms in total. The Morgan fingerprint density at radius 2 is 1.66 bits per heavy atom. The molecule has 2 aromatic carbocycles. The zero-order chi connectivity index (χ0) is 21.2. The van der Waals surface area contributed by atoms with Crippen molar-refractivity contribution in [2.75, 3.05) is 6.54 Å². The first kappa shape index (κ1) is 20.8. The van der Waals surface area contributed by atoms with Crippen LogP contribution in [0.4, 0.5) is 4.79 Å². The molecule has 1 atom stereocenters. The average Bonchev–Trinajstić information content (AvgIpc) is 2.92. The largest absolute Gasteiger partial charge is 0.325 e. The summed E-state index contributed by atoms with van der Waals surface area (Å²) in [5, 5.41) is 2.76. The lowest BCUT2D eigenvalue weighted by Crippen LogP contribution is -2.41. The molecule has 1 heterocycles. The number of nitrogens with zero attached hydrogens (tertiary/aromatic N) is 1. The first-order valence-electron chi connectivity index (χ1n) is 10.1. The van der Waals surface area contributed by atoms with Gasteiger partial charge in [-0.05, 0) is 36.0 Å². The molecule has 0 bridgehead atoms. The van der Waals surface area contributed by atoms with Crippen molar-refractivity contribution in [1.29, 1.82) is 0 Å². The molecular formula is C24H28N2O3. The number of imide groups is 1. The van der Waals surface area contributed by atoms with E-state index in [1.165, 1.54) is 5.56 Å². The van der Waals surface area contributed by atoms with Crippen LogP contribution in [0.1, 0.15) is 67.1 Å². The molecule has 3 amide bonds. The van der Waals surface area contributed by atoms with Gasteiger partial charge in [0.15, 0.2) is 5.78 Å². The fraction of sp³-hybridized carbons (Fsp3) is 0.375. The summed E-state index contributed by atoms with van der Waals surface area (Å²) < 4.78 is 0. The molecule has 2 aromatic rings. The second-order valence-corrected chi connectivity index (χ2v) is 8.09. The number of nitrogens with one attached hydrogen (secondary N) is 1. The number of Topliss-reactive ketones (excluding diaryl/α,β-unsaturated/α-hetero) is 1. The topological polar surface area (TPSA) is 66.5 Å². The zero-order valence-electron chi connectivity index (χ0n) is 17.5. The molecule has 1 fully saturated rings. The van der Waals surface area contributed by atoms with Gasteiger partial charge in [0.1, 0.15) is 5.54 Å². The number of hydrogen-bond acceptors (Lipinski definition) is 3. The maximum atomic E-state index is 13.0. The van der Waals surface area contributed by atoms with Crippen molar-refractivity contribution in [2.24, 2.45) is 0 Å². The number of aryl methyl sites for hydroxylation is 1. The Labute approximate surface area is 172 Å². The van der Waals surface area contributed by atoms with Gasteiger partial charge in [-0.1, -0.05) is 75.7 Å². The second kappa shape index (κ2) is 8.19. The van der Waals surface area contributed by atoms with Crippen LogP contribution < -0.4 is 5.32 Å². The van der Waals surface area contributed by atoms with Crippen molar-refractivity contribution in [1.82, 2.24) is 10.2 Å². The van der Waals surface area contributed by atoms with Crippen LogP contribution in [0.2, 0.25) is 0 Å². The first-order valence-corrected chi connectivity index (χ1v) is 10.1. The van der Waals surface area contributed by atoms with E-state index >= 15 is 0 Å². The van der Waals surface area contributed by atoms with Gasteiger partial charge in [-0.3, -0.25) is 14.5 Å². The van der Waals surface area contributed by atoms with Crippen LogP contribution >= 0.6 is 0 Å². The summed E-state index contributed by atoms with van der Waals surface area (Å²) in [6.07, 6.45) is 2.01. The van der Waals surface area contributed by atoms with Gasteiger partial charge in [0.25, 0.3) is 5.91 Å². The number of urea groups is 1. The third-order valence-electron chi connectivity index (χ3n) is 5.55. The van der Waals surface area contributed by atoms with Gasteiger partial charge in [-0.15, -0.1) is 0 Å². The monoisotopic (exact) mass is 392 g/mol. The van der Waals surface area contributed by atoms with Gasteiger partial charge >= 0.3 is 6.03 Å². The smallest absolute Gasteiger partial charge is 0.319 e. The quantitative estimate of drug-likeness (QED) is 0.560. The molecule has 29 heavy (non-hydrogen) atoms. The van der Waals surface area contributed by atoms with Gasteiger partial charge in [0.2, 0.25) is 0 Å². The van der Waals surface area contributed by atoms with E-state index in [0.717, 1.165) is 23.3 Å². The summed E-state index contributed by atoms with van der Waals surface area (Å²) in [7, 11) is 0. The normalized spacial score (nSPS) is 19.0. The highest BCUT2D eigenvalue weighted by atomic mass is 16.2. The van der Waals surface area contributed by atoms with Crippen LogP contribution in [0.25, 0.3) is 0 Å². The van der Waals surface area contributed by atoms with Gasteiger partial charge in [0, 0.05) is 5.56 Å². The zero-order valence-corrected chi connectivity index (χ0v) is 17.5. The van der Waals surface area contributed by atoms with Crippen molar-refractivity contribution < 1.29 is 14.4 Å². The van der Waals surface area contributed by atoms with E-state index in [-0.39, 0.29) is 12.3 Å². The molecule has 0 spiro atoms. The van der Waals surface area contributed by atoms with E-state index in [1.54, 1.807) is 19.1 Å². The molecule has 1 aliphatic rings. The summed E-state index contributed by atoms with van der Waals surface area (Å²) in [6, 6.07) is 14.5. The van der Waals surface area contributed by atoms with Gasteiger partial charge < -0.3 is 5.32 Å². The minimum Gasteiger partial charge on any atom is -0.319 e. The Hall–Kier alpha value is -2.95. The summed E-state index contributed by atoms with van der Waals surface area (Å²) in [5.41, 5.74) is 2.37. The van der Waals surface area contributed by atoms with E-state index in [9.17, 15) is 14.4 Å². The van der Waals surface area contributed by atoms with Crippen LogP contribution in [0, 0.1) is 0 Å². The summed E-state index contributed by atoms with van der Waals surface area (Å²) in [6.45, 7) is 7.69. The minimum atomic E-state index is -1.16. The Morgan fingerprint density at radius 3 is 2.21 bits per heavy atom. The van der Waals surface area contributed by atoms with Crippen molar-refractivity contribution in [3.63, 3.8) is 0 Å². The van der Waals surface area contributed by atoms with Crippen molar-refractivity contribution >= 4 is 17.7 Å². The van der Waals surface area contributed by atoms with Crippen LogP contribution in [-0.2, 0) is 16.8 Å². The van der Waals surface area contributed by atoms with Crippen molar-refractivity contribution in [3.8, 4) is 0 Å². The molecular weight excluding hydrogens is 364 g/mol. The highest BCUT2D eigenvalue weighted by Crippen LogP contribution is 2.29. The lowest BCUT2D eigenvalue weighted by Gasteiger charge is -2.22. The molecule has 0 saturated carbocycles. The highest BCUT2D eigenvalue weighted by molar-refractivity contribution is 6.11. The molecule has 1 aliphatic heterocycles. The highest BCUT2D eigenvalue weighted by Gasteiger charge is 2.49. The Balaban J connectivity index is 1.76. The standard InChI is InChI=1S/C24H28N2O3/c1-5-6-17-7-13-20(14-8-17)24(4)22(28)26(23(29)25-24)15-21(27)19-11-9-18(10-12-19)16(2)3/h7-14,16H,5-6,15H2,1-4H3,(H,25,29). The molecule has 3 rings (SSSR count). The predicted octanol–water partition coefficient (Wildman–Crippen LogP) is 4.41. The fourth-order valence-corrected chi connectivity index (χ4v) is 3.62. The molecule has 1 N–H and O–H groups in total. The molecule has 5 heteroatoms. The maximum absolute atomic E-state index is 13.0. The van der Waals surface area contributed by atoms with E-state index in [4.69, 9.17) is 0 Å².